The Balaban J connectivity index is 1.68. The first-order valence-corrected chi connectivity index (χ1v) is 23.7. The number of hydrogen-bond donors (Lipinski definition) is 7. The minimum absolute atomic E-state index is 0.100. The van der Waals surface area contributed by atoms with Crippen molar-refractivity contribution in [2.24, 2.45) is 16.6 Å². The van der Waals surface area contributed by atoms with E-state index in [2.05, 4.69) is 20.5 Å². The molecule has 337 valence electrons. The zero-order chi connectivity index (χ0) is 46.6. The van der Waals surface area contributed by atoms with E-state index in [9.17, 15) is 48.6 Å². The van der Waals surface area contributed by atoms with Crippen molar-refractivity contribution < 1.29 is 53.7 Å². The number of primary amides is 1. The van der Waals surface area contributed by atoms with Gasteiger partial charge in [-0.05, 0) is 23.1 Å². The molecule has 2 heterocycles. The molecule has 1 aromatic heterocycles. The summed E-state index contributed by atoms with van der Waals surface area (Å²) in [5.41, 5.74) is 7.02. The van der Waals surface area contributed by atoms with Crippen LogP contribution in [0.2, 0.25) is 0 Å². The molecule has 4 rings (SSSR count). The third-order valence-corrected chi connectivity index (χ3v) is 14.1. The molecule has 3 aromatic rings. The van der Waals surface area contributed by atoms with Gasteiger partial charge in [0.1, 0.15) is 6.04 Å². The first-order valence-electron chi connectivity index (χ1n) is 20.6. The van der Waals surface area contributed by atoms with E-state index in [1.54, 1.807) is 0 Å². The molecular formula is C44H57InN7O11. The van der Waals surface area contributed by atoms with Crippen LogP contribution in [-0.2, 0) is 40.1 Å². The number of nitrogens with zero attached hydrogens (tertiary/aromatic N) is 3. The predicted molar refractivity (Wildman–Crippen MR) is 231 cm³/mol. The van der Waals surface area contributed by atoms with Crippen molar-refractivity contribution in [3.8, 4) is 11.1 Å². The monoisotopic (exact) mass is 974 g/mol. The van der Waals surface area contributed by atoms with Gasteiger partial charge in [0.05, 0.1) is 0 Å². The van der Waals surface area contributed by atoms with Gasteiger partial charge in [-0.1, -0.05) is 60.7 Å². The van der Waals surface area contributed by atoms with Crippen LogP contribution in [0.3, 0.4) is 0 Å². The second-order valence-electron chi connectivity index (χ2n) is 17.2. The van der Waals surface area contributed by atoms with E-state index in [4.69, 9.17) is 10.8 Å². The van der Waals surface area contributed by atoms with Crippen LogP contribution < -0.4 is 21.7 Å². The fourth-order valence-electron chi connectivity index (χ4n) is 7.50. The van der Waals surface area contributed by atoms with Gasteiger partial charge in [-0.2, -0.15) is 0 Å². The van der Waals surface area contributed by atoms with Crippen molar-refractivity contribution in [3.05, 3.63) is 84.2 Å². The molecule has 0 saturated carbocycles. The number of nitrogens with one attached hydrogen (secondary N) is 3. The number of hydrogen-bond acceptors (Lipinski definition) is 9. The van der Waals surface area contributed by atoms with Crippen molar-refractivity contribution in [2.75, 3.05) is 19.7 Å². The summed E-state index contributed by atoms with van der Waals surface area (Å²) in [5.74, 6) is -6.26. The number of carbonyl (C=O) groups is 8. The third-order valence-electron chi connectivity index (χ3n) is 10.9. The number of aromatic nitrogens is 1. The molecule has 19 heteroatoms. The summed E-state index contributed by atoms with van der Waals surface area (Å²) in [5, 5.41) is 36.4. The number of aliphatic hydroxyl groups is 1. The topological polar surface area (TPSA) is 271 Å². The van der Waals surface area contributed by atoms with Crippen molar-refractivity contribution in [3.63, 3.8) is 0 Å². The van der Waals surface area contributed by atoms with Gasteiger partial charge in [0, 0.05) is 19.2 Å². The van der Waals surface area contributed by atoms with Crippen LogP contribution in [0, 0.1) is 10.8 Å². The van der Waals surface area contributed by atoms with Crippen molar-refractivity contribution >= 4 is 68.3 Å². The Morgan fingerprint density at radius 2 is 1.46 bits per heavy atom. The number of rotatable bonds is 24. The van der Waals surface area contributed by atoms with Gasteiger partial charge < -0.3 is 10.2 Å². The molecule has 1 fully saturated rings. The Morgan fingerprint density at radius 3 is 2.00 bits per heavy atom. The van der Waals surface area contributed by atoms with E-state index < -0.39 is 119 Å². The Kier molecular flexibility index (Phi) is 17.5. The average molecular weight is 975 g/mol. The van der Waals surface area contributed by atoms with E-state index in [-0.39, 0.29) is 36.0 Å². The Bertz CT molecular complexity index is 2140. The van der Waals surface area contributed by atoms with Gasteiger partial charge in [0.15, 0.2) is 0 Å². The summed E-state index contributed by atoms with van der Waals surface area (Å²) >= 11 is -1.84. The number of carboxylic acids is 2. The minimum atomic E-state index is -1.84. The molecule has 1 aliphatic heterocycles. The predicted octanol–water partition coefficient (Wildman–Crippen LogP) is 2.25. The van der Waals surface area contributed by atoms with Crippen molar-refractivity contribution in [2.45, 2.75) is 97.4 Å². The van der Waals surface area contributed by atoms with Crippen molar-refractivity contribution in [1.29, 1.82) is 0 Å². The summed E-state index contributed by atoms with van der Waals surface area (Å²) in [6, 6.07) is 17.1. The Hall–Kier alpha value is -5.69. The molecule has 1 aliphatic rings. The van der Waals surface area contributed by atoms with Gasteiger partial charge in [-0.3, -0.25) is 4.79 Å². The summed E-state index contributed by atoms with van der Waals surface area (Å²) in [6.07, 6.45) is 0.263. The molecule has 0 aliphatic carbocycles. The SMILES string of the molecule is CC(C)(C(=O)N[C@@H](CCN(C(=O)CO)[C@@H](c1cc(-c2ccccc2)cn1Cc1ccccc1)C(C)(C)C)C(=O)NCCC(=O)N[C@H](CCC(=O)O)C(=O)O)C(CC(N)=O)[N]1[In][C]1=O. The van der Waals surface area contributed by atoms with Crippen LogP contribution in [0.1, 0.15) is 84.0 Å². The molecule has 18 nitrogen and oxygen atoms in total. The Labute approximate surface area is 377 Å². The van der Waals surface area contributed by atoms with E-state index in [1.165, 1.54) is 21.6 Å². The number of amides is 6. The zero-order valence-corrected chi connectivity index (χ0v) is 39.5. The first-order chi connectivity index (χ1) is 29.6. The third kappa shape index (κ3) is 14.2. The maximum atomic E-state index is 14.2. The van der Waals surface area contributed by atoms with E-state index in [0.29, 0.717) is 6.54 Å². The number of aliphatic hydroxyl groups excluding tert-OH is 1. The fourth-order valence-corrected chi connectivity index (χ4v) is 10.4. The summed E-state index contributed by atoms with van der Waals surface area (Å²) < 4.78 is 3.48. The normalized spacial score (nSPS) is 14.3. The van der Waals surface area contributed by atoms with Gasteiger partial charge in [-0.25, -0.2) is 4.79 Å². The molecule has 6 amide bonds. The van der Waals surface area contributed by atoms with Gasteiger partial charge in [0.2, 0.25) is 0 Å². The van der Waals surface area contributed by atoms with Gasteiger partial charge in [-0.15, -0.1) is 0 Å². The van der Waals surface area contributed by atoms with E-state index >= 15 is 0 Å². The average Bonchev–Trinajstić information content (AvgIpc) is 3.81. The van der Waals surface area contributed by atoms with Crippen LogP contribution in [0.4, 0.5) is 4.79 Å². The zero-order valence-electron chi connectivity index (χ0n) is 36.2. The number of carbonyl (C=O) groups excluding carboxylic acids is 6. The van der Waals surface area contributed by atoms with Crippen LogP contribution in [0.25, 0.3) is 11.1 Å². The van der Waals surface area contributed by atoms with E-state index in [1.807, 2.05) is 93.7 Å². The molecule has 1 saturated heterocycles. The van der Waals surface area contributed by atoms with E-state index in [0.717, 1.165) is 22.4 Å². The standard InChI is InChI=1S/C44H57N7O11.In/c1-43(2,3)39(33-22-30(29-14-10-7-11-15-29)25-50(33)24-28-12-8-6-9-13-28)51(37(56)26-52)21-19-31(49-42(62)44(4,5)34(47-27-53)23-35(45)54)40(59)46-20-18-36(55)48-32(41(60)61)16-17-38(57)58;/h6-15,22,25,31-32,34,39,52H,16-21,23-24,26H2,1-5H3,(H7-,45,46,47,48,49,53,54,55,57,58,59,60,61,62);/q-1;+1/t31-,32+,34?,39-;/m0./s1. The number of aliphatic carboxylic acids is 2. The van der Waals surface area contributed by atoms with Gasteiger partial charge >= 0.3 is 251 Å². The van der Waals surface area contributed by atoms with Crippen LogP contribution in [0.15, 0.2) is 72.9 Å². The van der Waals surface area contributed by atoms with Crippen molar-refractivity contribution in [1.82, 2.24) is 28.3 Å². The first kappa shape index (κ1) is 50.0. The van der Waals surface area contributed by atoms with Crippen LogP contribution >= 0.6 is 0 Å². The molecule has 0 bridgehead atoms. The van der Waals surface area contributed by atoms with Crippen LogP contribution in [0.5, 0.6) is 0 Å². The quantitative estimate of drug-likeness (QED) is 0.0640. The molecule has 4 atom stereocenters. The Morgan fingerprint density at radius 1 is 0.841 bits per heavy atom. The molecule has 1 unspecified atom stereocenters. The number of nitrogens with two attached hydrogens (primary N) is 1. The molecular weight excluding hydrogens is 917 g/mol. The second kappa shape index (κ2) is 22.1. The van der Waals surface area contributed by atoms with Gasteiger partial charge in [0.25, 0.3) is 0 Å². The fraction of sp³-hybridized carbons (Fsp3) is 0.455. The molecule has 8 N–H and O–H groups in total. The summed E-state index contributed by atoms with van der Waals surface area (Å²) in [4.78, 5) is 103. The van der Waals surface area contributed by atoms with Crippen LogP contribution in [-0.4, -0.2) is 134 Å². The molecule has 1 radical (unpaired) electrons. The maximum absolute atomic E-state index is 14.2. The summed E-state index contributed by atoms with van der Waals surface area (Å²) in [6.45, 7) is 8.03. The number of carboxylic acid groups (broad SMARTS) is 2. The molecule has 2 aromatic carbocycles. The molecule has 63 heavy (non-hydrogen) atoms. The summed E-state index contributed by atoms with van der Waals surface area (Å²) in [7, 11) is 0. The molecule has 0 spiro atoms. The number of benzene rings is 2. The second-order valence-corrected chi connectivity index (χ2v) is 20.9.